The number of benzene rings is 2. The Morgan fingerprint density at radius 3 is 2.00 bits per heavy atom. The molecule has 0 bridgehead atoms. The molecule has 0 heterocycles. The molecule has 0 saturated carbocycles. The van der Waals surface area contributed by atoms with Gasteiger partial charge in [-0.2, -0.15) is 16.8 Å². The molecule has 0 fully saturated rings. The Labute approximate surface area is 130 Å². The third-order valence-corrected chi connectivity index (χ3v) is 4.98. The summed E-state index contributed by atoms with van der Waals surface area (Å²) in [7, 11) is -9.69. The Bertz CT molecular complexity index is 1050. The second-order valence-corrected chi connectivity index (χ2v) is 7.46. The molecule has 2 aromatic rings. The predicted molar refractivity (Wildman–Crippen MR) is 79.7 cm³/mol. The van der Waals surface area contributed by atoms with Crippen LogP contribution in [0.4, 0.5) is 5.69 Å². The van der Waals surface area contributed by atoms with Gasteiger partial charge in [0.15, 0.2) is 5.78 Å². The second kappa shape index (κ2) is 5.16. The third kappa shape index (κ3) is 2.86. The minimum Gasteiger partial charge on any atom is -0.505 e. The highest BCUT2D eigenvalue weighted by atomic mass is 32.2. The lowest BCUT2D eigenvalue weighted by molar-refractivity contribution is 0.101. The summed E-state index contributed by atoms with van der Waals surface area (Å²) in [5, 5.41) is 9.27. The monoisotopic (exact) mass is 361 g/mol. The standard InChI is InChI=1S/C12H11NO8S2/c1-5(14)6-2-3-8(22(16,17)18)7-4-9(23(19,20)21)11(13)12(15)10(6)7/h2-4,15H,13H2,1H3,(H,16,17,18)(H,19,20,21). The maximum atomic E-state index is 11.6. The topological polar surface area (TPSA) is 172 Å². The van der Waals surface area contributed by atoms with E-state index in [4.69, 9.17) is 10.3 Å². The number of nitrogens with two attached hydrogens (primary N) is 1. The summed E-state index contributed by atoms with van der Waals surface area (Å²) in [4.78, 5) is 9.93. The number of hydrogen-bond acceptors (Lipinski definition) is 7. The molecule has 0 saturated heterocycles. The van der Waals surface area contributed by atoms with Gasteiger partial charge in [0, 0.05) is 16.3 Å². The van der Waals surface area contributed by atoms with Gasteiger partial charge in [-0.25, -0.2) is 0 Å². The molecule has 0 spiro atoms. The van der Waals surface area contributed by atoms with E-state index >= 15 is 0 Å². The van der Waals surface area contributed by atoms with Crippen molar-refractivity contribution in [2.75, 3.05) is 5.73 Å². The number of rotatable bonds is 3. The van der Waals surface area contributed by atoms with Crippen molar-refractivity contribution >= 4 is 42.5 Å². The summed E-state index contributed by atoms with van der Waals surface area (Å²) in [6.07, 6.45) is 0. The first-order valence-corrected chi connectivity index (χ1v) is 8.77. The average Bonchev–Trinajstić information content (AvgIpc) is 2.38. The van der Waals surface area contributed by atoms with Crippen molar-refractivity contribution in [3.05, 3.63) is 23.8 Å². The summed E-state index contributed by atoms with van der Waals surface area (Å²) < 4.78 is 63.9. The molecular formula is C12H11NO8S2. The van der Waals surface area contributed by atoms with Crippen LogP contribution in [0.5, 0.6) is 5.75 Å². The fraction of sp³-hybridized carbons (Fsp3) is 0.0833. The minimum absolute atomic E-state index is 0.140. The number of fused-ring (bicyclic) bond motifs is 1. The highest BCUT2D eigenvalue weighted by molar-refractivity contribution is 7.86. The van der Waals surface area contributed by atoms with Gasteiger partial charge in [0.2, 0.25) is 0 Å². The number of aromatic hydroxyl groups is 1. The molecule has 0 aliphatic heterocycles. The molecule has 0 unspecified atom stereocenters. The number of ketones is 1. The number of carbonyl (C=O) groups is 1. The van der Waals surface area contributed by atoms with Crippen molar-refractivity contribution in [2.24, 2.45) is 0 Å². The van der Waals surface area contributed by atoms with Crippen LogP contribution in [-0.2, 0) is 20.2 Å². The Morgan fingerprint density at radius 1 is 1.04 bits per heavy atom. The van der Waals surface area contributed by atoms with Crippen LogP contribution in [0.1, 0.15) is 17.3 Å². The SMILES string of the molecule is CC(=O)c1ccc(S(=O)(=O)O)c2cc(S(=O)(=O)O)c(N)c(O)c12. The van der Waals surface area contributed by atoms with E-state index in [9.17, 15) is 31.3 Å². The molecule has 124 valence electrons. The van der Waals surface area contributed by atoms with Crippen molar-refractivity contribution in [1.29, 1.82) is 0 Å². The highest BCUT2D eigenvalue weighted by Crippen LogP contribution is 2.40. The van der Waals surface area contributed by atoms with Crippen molar-refractivity contribution in [1.82, 2.24) is 0 Å². The number of Topliss-reactive ketones (excluding diaryl/α,β-unsaturated/α-hetero) is 1. The maximum absolute atomic E-state index is 11.6. The van der Waals surface area contributed by atoms with Gasteiger partial charge < -0.3 is 10.8 Å². The summed E-state index contributed by atoms with van der Waals surface area (Å²) in [5.41, 5.74) is 4.56. The number of hydrogen-bond donors (Lipinski definition) is 4. The minimum atomic E-state index is -4.89. The third-order valence-electron chi connectivity index (χ3n) is 3.17. The molecule has 2 aromatic carbocycles. The summed E-state index contributed by atoms with van der Waals surface area (Å²) in [6, 6.07) is 2.58. The fourth-order valence-corrected chi connectivity index (χ4v) is 3.51. The van der Waals surface area contributed by atoms with E-state index in [1.165, 1.54) is 0 Å². The lowest BCUT2D eigenvalue weighted by atomic mass is 10.00. The lowest BCUT2D eigenvalue weighted by Crippen LogP contribution is -2.07. The van der Waals surface area contributed by atoms with E-state index in [1.807, 2.05) is 0 Å². The average molecular weight is 361 g/mol. The van der Waals surface area contributed by atoms with Gasteiger partial charge in [0.1, 0.15) is 15.5 Å². The van der Waals surface area contributed by atoms with E-state index in [1.54, 1.807) is 0 Å². The molecule has 9 nitrogen and oxygen atoms in total. The van der Waals surface area contributed by atoms with Crippen molar-refractivity contribution < 1.29 is 35.8 Å². The van der Waals surface area contributed by atoms with Crippen molar-refractivity contribution in [3.8, 4) is 5.75 Å². The number of nitrogen functional groups attached to an aromatic ring is 1. The molecule has 11 heteroatoms. The van der Waals surface area contributed by atoms with Gasteiger partial charge in [0.05, 0.1) is 5.69 Å². The molecule has 0 atom stereocenters. The first-order chi connectivity index (χ1) is 10.4. The van der Waals surface area contributed by atoms with Crippen LogP contribution in [0, 0.1) is 0 Å². The predicted octanol–water partition coefficient (Wildman–Crippen LogP) is 0.824. The van der Waals surface area contributed by atoms with Gasteiger partial charge >= 0.3 is 0 Å². The molecule has 0 aromatic heterocycles. The summed E-state index contributed by atoms with van der Waals surface area (Å²) in [5.74, 6) is -1.46. The second-order valence-electron chi connectivity index (χ2n) is 4.68. The Balaban J connectivity index is 3.21. The highest BCUT2D eigenvalue weighted by Gasteiger charge is 2.26. The number of phenolic OH excluding ortho intramolecular Hbond substituents is 1. The molecule has 0 aliphatic carbocycles. The Kier molecular flexibility index (Phi) is 3.85. The number of anilines is 1. The van der Waals surface area contributed by atoms with Crippen molar-refractivity contribution in [3.63, 3.8) is 0 Å². The van der Waals surface area contributed by atoms with Gasteiger partial charge in [-0.05, 0) is 25.1 Å². The zero-order valence-corrected chi connectivity index (χ0v) is 13.1. The van der Waals surface area contributed by atoms with Crippen LogP contribution in [0.2, 0.25) is 0 Å². The normalized spacial score (nSPS) is 12.5. The Hall–Kier alpha value is -2.21. The van der Waals surface area contributed by atoms with E-state index in [0.29, 0.717) is 6.07 Å². The fourth-order valence-electron chi connectivity index (χ4n) is 2.19. The van der Waals surface area contributed by atoms with E-state index < -0.39 is 52.6 Å². The van der Waals surface area contributed by atoms with Gasteiger partial charge in [-0.3, -0.25) is 13.9 Å². The molecule has 5 N–H and O–H groups in total. The first-order valence-electron chi connectivity index (χ1n) is 5.89. The smallest absolute Gasteiger partial charge is 0.296 e. The largest absolute Gasteiger partial charge is 0.505 e. The van der Waals surface area contributed by atoms with Gasteiger partial charge in [0.25, 0.3) is 20.2 Å². The van der Waals surface area contributed by atoms with E-state index in [2.05, 4.69) is 0 Å². The van der Waals surface area contributed by atoms with E-state index in [0.717, 1.165) is 19.1 Å². The first kappa shape index (κ1) is 17.1. The van der Waals surface area contributed by atoms with Crippen LogP contribution in [0.25, 0.3) is 10.8 Å². The lowest BCUT2D eigenvalue weighted by Gasteiger charge is -2.13. The maximum Gasteiger partial charge on any atom is 0.296 e. The Morgan fingerprint density at radius 2 is 1.57 bits per heavy atom. The van der Waals surface area contributed by atoms with Crippen LogP contribution < -0.4 is 5.73 Å². The zero-order chi connectivity index (χ0) is 17.7. The summed E-state index contributed by atoms with van der Waals surface area (Å²) in [6.45, 7) is 1.13. The molecule has 0 radical (unpaired) electrons. The van der Waals surface area contributed by atoms with Gasteiger partial charge in [-0.15, -0.1) is 0 Å². The van der Waals surface area contributed by atoms with Crippen LogP contribution in [-0.4, -0.2) is 36.8 Å². The molecular weight excluding hydrogens is 350 g/mol. The molecule has 23 heavy (non-hydrogen) atoms. The van der Waals surface area contributed by atoms with Crippen LogP contribution in [0.15, 0.2) is 28.0 Å². The molecule has 0 aliphatic rings. The quantitative estimate of drug-likeness (QED) is 0.267. The zero-order valence-electron chi connectivity index (χ0n) is 11.5. The van der Waals surface area contributed by atoms with E-state index in [-0.39, 0.29) is 10.9 Å². The number of carbonyl (C=O) groups excluding carboxylic acids is 1. The van der Waals surface area contributed by atoms with Crippen LogP contribution >= 0.6 is 0 Å². The van der Waals surface area contributed by atoms with Crippen molar-refractivity contribution in [2.45, 2.75) is 16.7 Å². The number of phenols is 1. The van der Waals surface area contributed by atoms with Crippen LogP contribution in [0.3, 0.4) is 0 Å². The van der Waals surface area contributed by atoms with Gasteiger partial charge in [-0.1, -0.05) is 0 Å². The summed E-state index contributed by atoms with van der Waals surface area (Å²) >= 11 is 0. The molecule has 0 amide bonds. The molecule has 2 rings (SSSR count).